The number of carbonyl (C=O) groups is 2. The van der Waals surface area contributed by atoms with Gasteiger partial charge in [0.15, 0.2) is 0 Å². The van der Waals surface area contributed by atoms with Crippen LogP contribution in [0.25, 0.3) is 0 Å². The minimum absolute atomic E-state index is 0.390. The van der Waals surface area contributed by atoms with E-state index in [1.54, 1.807) is 0 Å². The molecule has 0 N–H and O–H groups in total. The van der Waals surface area contributed by atoms with Crippen molar-refractivity contribution in [3.05, 3.63) is 25.3 Å². The zero-order valence-electron chi connectivity index (χ0n) is 8.49. The molecule has 0 aliphatic carbocycles. The maximum absolute atomic E-state index is 11.3. The highest BCUT2D eigenvalue weighted by molar-refractivity contribution is 5.92. The average Bonchev–Trinajstić information content (AvgIpc) is 2.18. The second-order valence-corrected chi connectivity index (χ2v) is 2.93. The third-order valence-electron chi connectivity index (χ3n) is 1.82. The number of rotatable bonds is 6. The molecule has 3 heteroatoms. The molecule has 0 aliphatic heterocycles. The summed E-state index contributed by atoms with van der Waals surface area (Å²) in [6.45, 7) is 8.77. The first-order valence-corrected chi connectivity index (χ1v) is 4.66. The van der Waals surface area contributed by atoms with Crippen molar-refractivity contribution in [3.8, 4) is 0 Å². The summed E-state index contributed by atoms with van der Waals surface area (Å²) in [6, 6.07) is 0. The van der Waals surface area contributed by atoms with Crippen LogP contribution >= 0.6 is 0 Å². The molecule has 78 valence electrons. The fourth-order valence-electron chi connectivity index (χ4n) is 0.972. The van der Waals surface area contributed by atoms with Crippen LogP contribution in [0.3, 0.4) is 0 Å². The maximum Gasteiger partial charge on any atom is 0.337 e. The molecule has 1 atom stereocenters. The molecule has 0 saturated carbocycles. The second-order valence-electron chi connectivity index (χ2n) is 2.93. The smallest absolute Gasteiger partial charge is 0.337 e. The van der Waals surface area contributed by atoms with Crippen LogP contribution in [-0.4, -0.2) is 11.9 Å². The summed E-state index contributed by atoms with van der Waals surface area (Å²) in [5.41, 5.74) is 0. The van der Waals surface area contributed by atoms with E-state index in [0.29, 0.717) is 6.42 Å². The predicted octanol–water partition coefficient (Wildman–Crippen LogP) is 2.23. The predicted molar refractivity (Wildman–Crippen MR) is 54.5 cm³/mol. The van der Waals surface area contributed by atoms with Crippen molar-refractivity contribution in [2.75, 3.05) is 0 Å². The summed E-state index contributed by atoms with van der Waals surface area (Å²) in [6.07, 6.45) is 5.05. The van der Waals surface area contributed by atoms with Gasteiger partial charge in [0.2, 0.25) is 0 Å². The Hall–Kier alpha value is -1.38. The Bertz CT molecular complexity index is 231. The number of esters is 2. The second kappa shape index (κ2) is 7.06. The highest BCUT2D eigenvalue weighted by Crippen LogP contribution is 2.11. The van der Waals surface area contributed by atoms with Crippen molar-refractivity contribution < 1.29 is 14.3 Å². The first kappa shape index (κ1) is 12.6. The Balaban J connectivity index is 4.10. The molecule has 0 aromatic carbocycles. The molecule has 0 aromatic rings. The van der Waals surface area contributed by atoms with Crippen LogP contribution in [0.5, 0.6) is 0 Å². The van der Waals surface area contributed by atoms with Gasteiger partial charge in [-0.2, -0.15) is 0 Å². The lowest BCUT2D eigenvalue weighted by Crippen LogP contribution is -2.18. The fourth-order valence-corrected chi connectivity index (χ4v) is 0.972. The zero-order chi connectivity index (χ0) is 11.0. The van der Waals surface area contributed by atoms with E-state index in [4.69, 9.17) is 0 Å². The molecule has 1 unspecified atom stereocenters. The van der Waals surface area contributed by atoms with Gasteiger partial charge in [-0.3, -0.25) is 4.79 Å². The Labute approximate surface area is 84.4 Å². The fraction of sp³-hybridized carbons (Fsp3) is 0.455. The minimum atomic E-state index is -0.710. The van der Waals surface area contributed by atoms with Gasteiger partial charge < -0.3 is 4.74 Å². The molecule has 0 saturated heterocycles. The largest absolute Gasteiger partial charge is 0.389 e. The van der Waals surface area contributed by atoms with E-state index >= 15 is 0 Å². The summed E-state index contributed by atoms with van der Waals surface area (Å²) >= 11 is 0. The molecule has 0 amide bonds. The average molecular weight is 196 g/mol. The molecular weight excluding hydrogens is 180 g/mol. The number of hydrogen-bond donors (Lipinski definition) is 0. The van der Waals surface area contributed by atoms with Crippen molar-refractivity contribution in [1.29, 1.82) is 0 Å². The Kier molecular flexibility index (Phi) is 6.37. The summed E-state index contributed by atoms with van der Waals surface area (Å²) in [7, 11) is 0. The van der Waals surface area contributed by atoms with Gasteiger partial charge in [0.05, 0.1) is 5.92 Å². The van der Waals surface area contributed by atoms with Crippen LogP contribution in [0.15, 0.2) is 25.3 Å². The van der Waals surface area contributed by atoms with Crippen LogP contribution in [-0.2, 0) is 14.3 Å². The molecule has 0 heterocycles. The van der Waals surface area contributed by atoms with E-state index < -0.39 is 11.9 Å². The standard InChI is InChI=1S/C11H16O3/c1-4-7-8-9(5-2)11(13)14-10(12)6-3/h5-6,9H,2-4,7-8H2,1H3. The van der Waals surface area contributed by atoms with Gasteiger partial charge in [-0.1, -0.05) is 32.4 Å². The Morgan fingerprint density at radius 1 is 1.43 bits per heavy atom. The molecular formula is C11H16O3. The number of hydrogen-bond acceptors (Lipinski definition) is 3. The molecule has 0 fully saturated rings. The van der Waals surface area contributed by atoms with Gasteiger partial charge in [-0.05, 0) is 6.42 Å². The van der Waals surface area contributed by atoms with Gasteiger partial charge >= 0.3 is 11.9 Å². The van der Waals surface area contributed by atoms with E-state index in [1.807, 2.05) is 6.92 Å². The third kappa shape index (κ3) is 4.60. The molecule has 0 bridgehead atoms. The third-order valence-corrected chi connectivity index (χ3v) is 1.82. The molecule has 14 heavy (non-hydrogen) atoms. The zero-order valence-corrected chi connectivity index (χ0v) is 8.49. The van der Waals surface area contributed by atoms with E-state index in [2.05, 4.69) is 17.9 Å². The highest BCUT2D eigenvalue weighted by atomic mass is 16.6. The molecule has 0 spiro atoms. The lowest BCUT2D eigenvalue weighted by atomic mass is 10.0. The minimum Gasteiger partial charge on any atom is -0.389 e. The topological polar surface area (TPSA) is 43.4 Å². The van der Waals surface area contributed by atoms with Crippen molar-refractivity contribution in [1.82, 2.24) is 0 Å². The summed E-state index contributed by atoms with van der Waals surface area (Å²) < 4.78 is 4.48. The molecule has 0 aromatic heterocycles. The van der Waals surface area contributed by atoms with Gasteiger partial charge in [0, 0.05) is 6.08 Å². The van der Waals surface area contributed by atoms with Crippen molar-refractivity contribution in [3.63, 3.8) is 0 Å². The Morgan fingerprint density at radius 2 is 2.07 bits per heavy atom. The van der Waals surface area contributed by atoms with E-state index in [9.17, 15) is 9.59 Å². The van der Waals surface area contributed by atoms with Crippen LogP contribution in [0.1, 0.15) is 26.2 Å². The first-order chi connectivity index (χ1) is 6.65. The van der Waals surface area contributed by atoms with Crippen LogP contribution in [0.4, 0.5) is 0 Å². The van der Waals surface area contributed by atoms with Gasteiger partial charge in [0.25, 0.3) is 0 Å². The highest BCUT2D eigenvalue weighted by Gasteiger charge is 2.17. The lowest BCUT2D eigenvalue weighted by molar-refractivity contribution is -0.158. The number of ether oxygens (including phenoxy) is 1. The summed E-state index contributed by atoms with van der Waals surface area (Å²) in [5.74, 6) is -1.64. The first-order valence-electron chi connectivity index (χ1n) is 4.66. The monoisotopic (exact) mass is 196 g/mol. The number of unbranched alkanes of at least 4 members (excludes halogenated alkanes) is 1. The van der Waals surface area contributed by atoms with Gasteiger partial charge in [0.1, 0.15) is 0 Å². The van der Waals surface area contributed by atoms with Crippen molar-refractivity contribution in [2.24, 2.45) is 5.92 Å². The van der Waals surface area contributed by atoms with E-state index in [1.165, 1.54) is 6.08 Å². The molecule has 3 nitrogen and oxygen atoms in total. The van der Waals surface area contributed by atoms with Crippen LogP contribution in [0, 0.1) is 5.92 Å². The molecule has 0 aliphatic rings. The van der Waals surface area contributed by atoms with Crippen molar-refractivity contribution in [2.45, 2.75) is 26.2 Å². The SMILES string of the molecule is C=CC(=O)OC(=O)C(C=C)CCCC. The van der Waals surface area contributed by atoms with Gasteiger partial charge in [-0.25, -0.2) is 4.79 Å². The summed E-state index contributed by atoms with van der Waals surface area (Å²) in [5, 5.41) is 0. The quantitative estimate of drug-likeness (QED) is 0.283. The van der Waals surface area contributed by atoms with Crippen LogP contribution in [0.2, 0.25) is 0 Å². The van der Waals surface area contributed by atoms with E-state index in [-0.39, 0.29) is 5.92 Å². The Morgan fingerprint density at radius 3 is 2.50 bits per heavy atom. The van der Waals surface area contributed by atoms with E-state index in [0.717, 1.165) is 18.9 Å². The lowest BCUT2D eigenvalue weighted by Gasteiger charge is -2.08. The number of carbonyl (C=O) groups excluding carboxylic acids is 2. The molecule has 0 rings (SSSR count). The van der Waals surface area contributed by atoms with Gasteiger partial charge in [-0.15, -0.1) is 6.58 Å². The normalized spacial score (nSPS) is 11.5. The van der Waals surface area contributed by atoms with Crippen molar-refractivity contribution >= 4 is 11.9 Å². The summed E-state index contributed by atoms with van der Waals surface area (Å²) in [4.78, 5) is 22.0. The maximum atomic E-state index is 11.3. The molecule has 0 radical (unpaired) electrons. The van der Waals surface area contributed by atoms with Crippen LogP contribution < -0.4 is 0 Å².